The van der Waals surface area contributed by atoms with Crippen LogP contribution in [0.3, 0.4) is 0 Å². The van der Waals surface area contributed by atoms with E-state index in [1.807, 2.05) is 18.2 Å². The standard InChI is InChI=1S/C16H16FNO3/c1-19-14-4-2-3-11(16(14)17)10-18-12-5-6-13-15(9-12)21-8-7-20-13/h2-6,9,18H,7-8,10H2,1H3. The zero-order chi connectivity index (χ0) is 14.7. The number of hydrogen-bond donors (Lipinski definition) is 1. The van der Waals surface area contributed by atoms with Gasteiger partial charge in [-0.2, -0.15) is 0 Å². The highest BCUT2D eigenvalue weighted by atomic mass is 19.1. The predicted octanol–water partition coefficient (Wildman–Crippen LogP) is 3.22. The van der Waals surface area contributed by atoms with E-state index in [9.17, 15) is 4.39 Å². The van der Waals surface area contributed by atoms with Crippen LogP contribution in [0.1, 0.15) is 5.56 Å². The Morgan fingerprint density at radius 2 is 1.95 bits per heavy atom. The average Bonchev–Trinajstić information content (AvgIpc) is 2.54. The van der Waals surface area contributed by atoms with Gasteiger partial charge in [-0.15, -0.1) is 0 Å². The van der Waals surface area contributed by atoms with Gasteiger partial charge in [0.2, 0.25) is 0 Å². The maximum Gasteiger partial charge on any atom is 0.170 e. The van der Waals surface area contributed by atoms with Gasteiger partial charge in [-0.1, -0.05) is 12.1 Å². The van der Waals surface area contributed by atoms with Gasteiger partial charge in [0, 0.05) is 23.9 Å². The van der Waals surface area contributed by atoms with Crippen molar-refractivity contribution in [1.29, 1.82) is 0 Å². The minimum Gasteiger partial charge on any atom is -0.494 e. The van der Waals surface area contributed by atoms with Crippen LogP contribution in [0.2, 0.25) is 0 Å². The molecule has 0 aliphatic carbocycles. The Bertz CT molecular complexity index is 645. The van der Waals surface area contributed by atoms with E-state index >= 15 is 0 Å². The third-order valence-corrected chi connectivity index (χ3v) is 3.29. The molecule has 110 valence electrons. The first-order chi connectivity index (χ1) is 10.3. The van der Waals surface area contributed by atoms with Gasteiger partial charge in [0.25, 0.3) is 0 Å². The molecule has 1 aliphatic heterocycles. The van der Waals surface area contributed by atoms with Crippen molar-refractivity contribution in [3.8, 4) is 17.2 Å². The summed E-state index contributed by atoms with van der Waals surface area (Å²) in [6.45, 7) is 1.47. The predicted molar refractivity (Wildman–Crippen MR) is 77.7 cm³/mol. The van der Waals surface area contributed by atoms with Crippen LogP contribution in [-0.2, 0) is 6.54 Å². The summed E-state index contributed by atoms with van der Waals surface area (Å²) in [5.41, 5.74) is 1.39. The minimum atomic E-state index is -0.343. The first-order valence-corrected chi connectivity index (χ1v) is 6.73. The second-order valence-electron chi connectivity index (χ2n) is 4.65. The van der Waals surface area contributed by atoms with E-state index in [0.717, 1.165) is 11.4 Å². The first-order valence-electron chi connectivity index (χ1n) is 6.73. The molecule has 0 unspecified atom stereocenters. The summed E-state index contributed by atoms with van der Waals surface area (Å²) in [5, 5.41) is 3.17. The molecule has 0 fully saturated rings. The van der Waals surface area contributed by atoms with Gasteiger partial charge in [0.1, 0.15) is 13.2 Å². The lowest BCUT2D eigenvalue weighted by atomic mass is 10.2. The van der Waals surface area contributed by atoms with Crippen molar-refractivity contribution >= 4 is 5.69 Å². The molecule has 0 atom stereocenters. The number of benzene rings is 2. The van der Waals surface area contributed by atoms with E-state index in [4.69, 9.17) is 14.2 Å². The van der Waals surface area contributed by atoms with E-state index in [1.54, 1.807) is 18.2 Å². The Labute approximate surface area is 122 Å². The molecule has 1 N–H and O–H groups in total. The summed E-state index contributed by atoms with van der Waals surface area (Å²) in [6, 6.07) is 10.7. The van der Waals surface area contributed by atoms with Gasteiger partial charge in [-0.25, -0.2) is 4.39 Å². The molecule has 0 saturated carbocycles. The van der Waals surface area contributed by atoms with Crippen molar-refractivity contribution in [2.45, 2.75) is 6.54 Å². The van der Waals surface area contributed by atoms with E-state index in [1.165, 1.54) is 7.11 Å². The normalized spacial score (nSPS) is 12.9. The summed E-state index contributed by atoms with van der Waals surface area (Å²) in [7, 11) is 1.45. The molecule has 5 heteroatoms. The van der Waals surface area contributed by atoms with Gasteiger partial charge in [0.15, 0.2) is 23.1 Å². The zero-order valence-electron chi connectivity index (χ0n) is 11.7. The lowest BCUT2D eigenvalue weighted by Gasteiger charge is -2.19. The highest BCUT2D eigenvalue weighted by molar-refractivity contribution is 5.55. The van der Waals surface area contributed by atoms with Crippen LogP contribution in [0.25, 0.3) is 0 Å². The van der Waals surface area contributed by atoms with Crippen LogP contribution in [-0.4, -0.2) is 20.3 Å². The van der Waals surface area contributed by atoms with Crippen molar-refractivity contribution in [3.05, 3.63) is 47.8 Å². The summed E-state index contributed by atoms with van der Waals surface area (Å²) in [5.74, 6) is 1.35. The van der Waals surface area contributed by atoms with Gasteiger partial charge in [-0.05, 0) is 18.2 Å². The Kier molecular flexibility index (Phi) is 3.81. The molecule has 0 amide bonds. The third kappa shape index (κ3) is 2.86. The number of methoxy groups -OCH3 is 1. The third-order valence-electron chi connectivity index (χ3n) is 3.29. The fraction of sp³-hybridized carbons (Fsp3) is 0.250. The molecule has 0 saturated heterocycles. The van der Waals surface area contributed by atoms with Gasteiger partial charge in [0.05, 0.1) is 7.11 Å². The zero-order valence-corrected chi connectivity index (χ0v) is 11.7. The number of fused-ring (bicyclic) bond motifs is 1. The van der Waals surface area contributed by atoms with Crippen molar-refractivity contribution in [1.82, 2.24) is 0 Å². The van der Waals surface area contributed by atoms with Crippen molar-refractivity contribution in [2.75, 3.05) is 25.6 Å². The molecule has 3 rings (SSSR count). The fourth-order valence-corrected chi connectivity index (χ4v) is 2.20. The topological polar surface area (TPSA) is 39.7 Å². The molecular formula is C16H16FNO3. The fourth-order valence-electron chi connectivity index (χ4n) is 2.20. The molecule has 0 spiro atoms. The van der Waals surface area contributed by atoms with Gasteiger partial charge < -0.3 is 19.5 Å². The molecule has 1 heterocycles. The van der Waals surface area contributed by atoms with Crippen LogP contribution in [0.15, 0.2) is 36.4 Å². The smallest absolute Gasteiger partial charge is 0.170 e. The van der Waals surface area contributed by atoms with Crippen molar-refractivity contribution in [2.24, 2.45) is 0 Å². The maximum absolute atomic E-state index is 14.0. The second-order valence-corrected chi connectivity index (χ2v) is 4.65. The lowest BCUT2D eigenvalue weighted by Crippen LogP contribution is -2.15. The molecule has 21 heavy (non-hydrogen) atoms. The van der Waals surface area contributed by atoms with Gasteiger partial charge >= 0.3 is 0 Å². The Balaban J connectivity index is 1.73. The Hall–Kier alpha value is -2.43. The number of ether oxygens (including phenoxy) is 3. The summed E-state index contributed by atoms with van der Waals surface area (Å²) in [4.78, 5) is 0. The van der Waals surface area contributed by atoms with Crippen LogP contribution >= 0.6 is 0 Å². The van der Waals surface area contributed by atoms with Crippen LogP contribution in [0, 0.1) is 5.82 Å². The summed E-state index contributed by atoms with van der Waals surface area (Å²) in [6.07, 6.45) is 0. The average molecular weight is 289 g/mol. The molecule has 0 radical (unpaired) electrons. The summed E-state index contributed by atoms with van der Waals surface area (Å²) < 4.78 is 30.0. The minimum absolute atomic E-state index is 0.247. The Morgan fingerprint density at radius 1 is 1.14 bits per heavy atom. The van der Waals surface area contributed by atoms with E-state index in [2.05, 4.69) is 5.32 Å². The molecule has 0 aromatic heterocycles. The highest BCUT2D eigenvalue weighted by Gasteiger charge is 2.12. The molecular weight excluding hydrogens is 273 g/mol. The Morgan fingerprint density at radius 3 is 2.76 bits per heavy atom. The number of nitrogens with one attached hydrogen (secondary N) is 1. The van der Waals surface area contributed by atoms with E-state index in [-0.39, 0.29) is 11.6 Å². The number of anilines is 1. The number of halogens is 1. The number of rotatable bonds is 4. The molecule has 2 aromatic rings. The lowest BCUT2D eigenvalue weighted by molar-refractivity contribution is 0.171. The van der Waals surface area contributed by atoms with Crippen LogP contribution < -0.4 is 19.5 Å². The van der Waals surface area contributed by atoms with E-state index in [0.29, 0.717) is 31.1 Å². The highest BCUT2D eigenvalue weighted by Crippen LogP contribution is 2.32. The SMILES string of the molecule is COc1cccc(CNc2ccc3c(c2)OCCO3)c1F. The monoisotopic (exact) mass is 289 g/mol. The molecule has 1 aliphatic rings. The van der Waals surface area contributed by atoms with E-state index < -0.39 is 0 Å². The van der Waals surface area contributed by atoms with Crippen LogP contribution in [0.4, 0.5) is 10.1 Å². The largest absolute Gasteiger partial charge is 0.494 e. The maximum atomic E-state index is 14.0. The first kappa shape index (κ1) is 13.5. The quantitative estimate of drug-likeness (QED) is 0.938. The molecule has 2 aromatic carbocycles. The summed E-state index contributed by atoms with van der Waals surface area (Å²) >= 11 is 0. The van der Waals surface area contributed by atoms with Gasteiger partial charge in [-0.3, -0.25) is 0 Å². The number of hydrogen-bond acceptors (Lipinski definition) is 4. The molecule has 0 bridgehead atoms. The van der Waals surface area contributed by atoms with Crippen LogP contribution in [0.5, 0.6) is 17.2 Å². The van der Waals surface area contributed by atoms with Crippen molar-refractivity contribution in [3.63, 3.8) is 0 Å². The molecule has 4 nitrogen and oxygen atoms in total. The second kappa shape index (κ2) is 5.91. The van der Waals surface area contributed by atoms with Crippen molar-refractivity contribution < 1.29 is 18.6 Å².